The van der Waals surface area contributed by atoms with Gasteiger partial charge in [-0.3, -0.25) is 10.1 Å². The fraction of sp³-hybridized carbons (Fsp3) is 0.111. The molecular weight excluding hydrogens is 370 g/mol. The van der Waals surface area contributed by atoms with Gasteiger partial charge in [-0.1, -0.05) is 12.1 Å². The first-order valence-electron chi connectivity index (χ1n) is 7.93. The van der Waals surface area contributed by atoms with Crippen molar-refractivity contribution >= 4 is 28.7 Å². The summed E-state index contributed by atoms with van der Waals surface area (Å²) in [6.45, 7) is -0.465. The van der Waals surface area contributed by atoms with Crippen molar-refractivity contribution < 1.29 is 28.7 Å². The molecule has 0 radical (unpaired) electrons. The van der Waals surface area contributed by atoms with E-state index in [1.165, 1.54) is 18.2 Å². The van der Waals surface area contributed by atoms with Crippen LogP contribution in [0.15, 0.2) is 48.5 Å². The molecule has 10 heteroatoms. The van der Waals surface area contributed by atoms with Crippen LogP contribution in [0.3, 0.4) is 0 Å². The Kier molecular flexibility index (Phi) is 5.12. The molecule has 0 N–H and O–H groups in total. The number of aromatic nitrogens is 2. The highest BCUT2D eigenvalue weighted by molar-refractivity contribution is 5.90. The Morgan fingerprint density at radius 1 is 1.11 bits per heavy atom. The van der Waals surface area contributed by atoms with E-state index in [9.17, 15) is 24.9 Å². The largest absolute Gasteiger partial charge is 0.618 e. The van der Waals surface area contributed by atoms with Crippen LogP contribution in [0.4, 0.5) is 5.69 Å². The fourth-order valence-electron chi connectivity index (χ4n) is 2.50. The SMILES string of the molecule is COC(=O)c1c(COC(=O)c2ccc([N+](=O)[O-])cc2)nc2ccccc2[n+]1[O-]. The molecule has 0 aliphatic heterocycles. The molecule has 0 amide bonds. The third-order valence-electron chi connectivity index (χ3n) is 3.86. The zero-order chi connectivity index (χ0) is 20.3. The predicted molar refractivity (Wildman–Crippen MR) is 94.3 cm³/mol. The molecule has 0 aliphatic carbocycles. The number of para-hydroxylation sites is 2. The third kappa shape index (κ3) is 3.56. The second kappa shape index (κ2) is 7.66. The molecular formula is C18H13N3O7. The van der Waals surface area contributed by atoms with Crippen LogP contribution in [0.5, 0.6) is 0 Å². The number of esters is 2. The summed E-state index contributed by atoms with van der Waals surface area (Å²) in [6.07, 6.45) is 0. The molecule has 142 valence electrons. The Labute approximate surface area is 157 Å². The van der Waals surface area contributed by atoms with Crippen LogP contribution in [0.1, 0.15) is 26.5 Å². The van der Waals surface area contributed by atoms with Gasteiger partial charge in [-0.25, -0.2) is 14.6 Å². The number of nitro groups is 1. The van der Waals surface area contributed by atoms with Crippen LogP contribution in [0.2, 0.25) is 0 Å². The lowest BCUT2D eigenvalue weighted by Crippen LogP contribution is -2.38. The van der Waals surface area contributed by atoms with Gasteiger partial charge in [-0.2, -0.15) is 4.73 Å². The summed E-state index contributed by atoms with van der Waals surface area (Å²) in [4.78, 5) is 38.5. The predicted octanol–water partition coefficient (Wildman–Crippen LogP) is 1.92. The maximum atomic E-state index is 12.5. The molecule has 28 heavy (non-hydrogen) atoms. The molecule has 0 spiro atoms. The van der Waals surface area contributed by atoms with E-state index in [-0.39, 0.29) is 22.5 Å². The van der Waals surface area contributed by atoms with Gasteiger partial charge in [-0.15, -0.1) is 0 Å². The van der Waals surface area contributed by atoms with Crippen molar-refractivity contribution in [1.82, 2.24) is 4.98 Å². The van der Waals surface area contributed by atoms with Gasteiger partial charge in [0.25, 0.3) is 5.69 Å². The van der Waals surface area contributed by atoms with E-state index >= 15 is 0 Å². The number of carbonyl (C=O) groups is 2. The van der Waals surface area contributed by atoms with Crippen LogP contribution in [0.25, 0.3) is 11.0 Å². The lowest BCUT2D eigenvalue weighted by molar-refractivity contribution is -0.581. The van der Waals surface area contributed by atoms with Gasteiger partial charge < -0.3 is 14.7 Å². The topological polar surface area (TPSA) is 136 Å². The standard InChI is InChI=1S/C18H13N3O7/c1-27-18(23)16-14(19-13-4-2-3-5-15(13)20(16)24)10-28-17(22)11-6-8-12(9-7-11)21(25)26/h2-9H,10H2,1H3. The van der Waals surface area contributed by atoms with Crippen LogP contribution in [-0.2, 0) is 16.1 Å². The number of methoxy groups -OCH3 is 1. The van der Waals surface area contributed by atoms with Gasteiger partial charge in [0.15, 0.2) is 5.69 Å². The lowest BCUT2D eigenvalue weighted by Gasteiger charge is -2.11. The summed E-state index contributed by atoms with van der Waals surface area (Å²) in [5.74, 6) is -1.72. The molecule has 0 fully saturated rings. The number of hydrogen-bond acceptors (Lipinski definition) is 8. The number of carbonyl (C=O) groups excluding carboxylic acids is 2. The quantitative estimate of drug-likeness (QED) is 0.214. The van der Waals surface area contributed by atoms with Crippen molar-refractivity contribution in [2.45, 2.75) is 6.61 Å². The minimum absolute atomic E-state index is 0.0704. The Morgan fingerprint density at radius 3 is 2.43 bits per heavy atom. The van der Waals surface area contributed by atoms with Crippen molar-refractivity contribution in [3.8, 4) is 0 Å². The van der Waals surface area contributed by atoms with E-state index in [1.54, 1.807) is 18.2 Å². The number of fused-ring (bicyclic) bond motifs is 1. The van der Waals surface area contributed by atoms with Crippen molar-refractivity contribution in [3.63, 3.8) is 0 Å². The van der Waals surface area contributed by atoms with Gasteiger partial charge in [0.05, 0.1) is 17.6 Å². The summed E-state index contributed by atoms with van der Waals surface area (Å²) in [5.41, 5.74) is -0.0949. The Balaban J connectivity index is 1.89. The number of nitrogens with zero attached hydrogens (tertiary/aromatic N) is 3. The highest BCUT2D eigenvalue weighted by atomic mass is 16.6. The van der Waals surface area contributed by atoms with Crippen molar-refractivity contribution in [2.24, 2.45) is 0 Å². The number of nitro benzene ring substituents is 1. The second-order valence-corrected chi connectivity index (χ2v) is 5.56. The molecule has 0 atom stereocenters. The normalized spacial score (nSPS) is 10.5. The number of benzene rings is 2. The van der Waals surface area contributed by atoms with E-state index in [0.29, 0.717) is 10.2 Å². The molecule has 0 saturated heterocycles. The first-order chi connectivity index (χ1) is 13.4. The van der Waals surface area contributed by atoms with E-state index < -0.39 is 29.2 Å². The van der Waals surface area contributed by atoms with E-state index in [2.05, 4.69) is 9.72 Å². The lowest BCUT2D eigenvalue weighted by atomic mass is 10.2. The maximum Gasteiger partial charge on any atom is 0.406 e. The molecule has 0 aliphatic rings. The van der Waals surface area contributed by atoms with Crippen LogP contribution < -0.4 is 4.73 Å². The molecule has 0 bridgehead atoms. The molecule has 1 heterocycles. The zero-order valence-electron chi connectivity index (χ0n) is 14.5. The molecule has 1 aromatic heterocycles. The molecule has 3 rings (SSSR count). The highest BCUT2D eigenvalue weighted by Crippen LogP contribution is 2.16. The monoisotopic (exact) mass is 383 g/mol. The van der Waals surface area contributed by atoms with Gasteiger partial charge in [0.2, 0.25) is 5.52 Å². The Hall–Kier alpha value is -4.08. The second-order valence-electron chi connectivity index (χ2n) is 5.56. The Bertz CT molecular complexity index is 1080. The number of rotatable bonds is 5. The summed E-state index contributed by atoms with van der Waals surface area (Å²) in [5, 5.41) is 23.2. The first-order valence-corrected chi connectivity index (χ1v) is 7.93. The summed E-state index contributed by atoms with van der Waals surface area (Å²) < 4.78 is 10.1. The van der Waals surface area contributed by atoms with Gasteiger partial charge >= 0.3 is 17.6 Å². The fourth-order valence-corrected chi connectivity index (χ4v) is 2.50. The number of ether oxygens (including phenoxy) is 2. The summed E-state index contributed by atoms with van der Waals surface area (Å²) in [6, 6.07) is 11.2. The van der Waals surface area contributed by atoms with Crippen molar-refractivity contribution in [3.05, 3.63) is 80.8 Å². The maximum absolute atomic E-state index is 12.5. The van der Waals surface area contributed by atoms with Crippen LogP contribution in [0, 0.1) is 15.3 Å². The molecule has 10 nitrogen and oxygen atoms in total. The smallest absolute Gasteiger partial charge is 0.406 e. The minimum Gasteiger partial charge on any atom is -0.618 e. The minimum atomic E-state index is -0.922. The summed E-state index contributed by atoms with van der Waals surface area (Å²) >= 11 is 0. The van der Waals surface area contributed by atoms with Crippen molar-refractivity contribution in [1.29, 1.82) is 0 Å². The van der Waals surface area contributed by atoms with Gasteiger partial charge in [-0.05, 0) is 18.2 Å². The first kappa shape index (κ1) is 18.7. The average molecular weight is 383 g/mol. The third-order valence-corrected chi connectivity index (χ3v) is 3.86. The van der Waals surface area contributed by atoms with Gasteiger partial charge in [0.1, 0.15) is 12.1 Å². The highest BCUT2D eigenvalue weighted by Gasteiger charge is 2.28. The summed E-state index contributed by atoms with van der Waals surface area (Å²) in [7, 11) is 1.12. The van der Waals surface area contributed by atoms with Crippen LogP contribution in [-0.4, -0.2) is 29.0 Å². The molecule has 3 aromatic rings. The van der Waals surface area contributed by atoms with E-state index in [4.69, 9.17) is 4.74 Å². The molecule has 0 unspecified atom stereocenters. The average Bonchev–Trinajstić information content (AvgIpc) is 2.71. The number of hydrogen-bond donors (Lipinski definition) is 0. The van der Waals surface area contributed by atoms with Crippen LogP contribution >= 0.6 is 0 Å². The molecule has 0 saturated carbocycles. The Morgan fingerprint density at radius 2 is 1.79 bits per heavy atom. The van der Waals surface area contributed by atoms with Gasteiger partial charge in [0, 0.05) is 18.2 Å². The zero-order valence-corrected chi connectivity index (χ0v) is 14.5. The number of non-ortho nitro benzene ring substituents is 1. The van der Waals surface area contributed by atoms with Crippen molar-refractivity contribution in [2.75, 3.05) is 7.11 Å². The molecule has 2 aromatic carbocycles. The van der Waals surface area contributed by atoms with E-state index in [1.807, 2.05) is 0 Å². The van der Waals surface area contributed by atoms with E-state index in [0.717, 1.165) is 19.2 Å².